The fourth-order valence-corrected chi connectivity index (χ4v) is 3.31. The SMILES string of the molecule is CN1CCN(C2(C)CCCN(C(=O)OC(C)(C)C)C2)CC1. The van der Waals surface area contributed by atoms with Crippen LogP contribution in [0.1, 0.15) is 40.5 Å². The topological polar surface area (TPSA) is 36.0 Å². The summed E-state index contributed by atoms with van der Waals surface area (Å²) in [5.74, 6) is 0. The van der Waals surface area contributed by atoms with Gasteiger partial charge in [-0.05, 0) is 47.6 Å². The number of piperazine rings is 1. The van der Waals surface area contributed by atoms with Crippen LogP contribution < -0.4 is 0 Å². The Morgan fingerprint density at radius 1 is 1.10 bits per heavy atom. The van der Waals surface area contributed by atoms with Crippen LogP contribution in [0.3, 0.4) is 0 Å². The van der Waals surface area contributed by atoms with Gasteiger partial charge in [-0.1, -0.05) is 0 Å². The van der Waals surface area contributed by atoms with Crippen molar-refractivity contribution in [2.75, 3.05) is 46.3 Å². The van der Waals surface area contributed by atoms with Gasteiger partial charge in [-0.25, -0.2) is 4.79 Å². The lowest BCUT2D eigenvalue weighted by atomic mass is 9.88. The lowest BCUT2D eigenvalue weighted by Gasteiger charge is -2.50. The minimum Gasteiger partial charge on any atom is -0.444 e. The van der Waals surface area contributed by atoms with Gasteiger partial charge in [0.1, 0.15) is 5.60 Å². The molecule has 0 bridgehead atoms. The number of rotatable bonds is 1. The third-order valence-corrected chi connectivity index (χ3v) is 4.59. The number of likely N-dealkylation sites (N-methyl/N-ethyl adjacent to an activating group) is 1. The molecule has 122 valence electrons. The van der Waals surface area contributed by atoms with Crippen LogP contribution in [-0.2, 0) is 4.74 Å². The molecular weight excluding hydrogens is 266 g/mol. The molecule has 21 heavy (non-hydrogen) atoms. The van der Waals surface area contributed by atoms with Gasteiger partial charge in [0.05, 0.1) is 0 Å². The molecule has 0 aromatic rings. The van der Waals surface area contributed by atoms with Crippen molar-refractivity contribution in [1.29, 1.82) is 0 Å². The van der Waals surface area contributed by atoms with E-state index < -0.39 is 5.60 Å². The van der Waals surface area contributed by atoms with Gasteiger partial charge in [0.15, 0.2) is 0 Å². The molecular formula is C16H31N3O2. The summed E-state index contributed by atoms with van der Waals surface area (Å²) in [5.41, 5.74) is -0.324. The van der Waals surface area contributed by atoms with Crippen LogP contribution in [0.5, 0.6) is 0 Å². The van der Waals surface area contributed by atoms with E-state index in [0.717, 1.165) is 52.1 Å². The second-order valence-corrected chi connectivity index (χ2v) is 7.79. The molecule has 5 nitrogen and oxygen atoms in total. The zero-order chi connectivity index (χ0) is 15.7. The van der Waals surface area contributed by atoms with E-state index in [4.69, 9.17) is 4.74 Å². The lowest BCUT2D eigenvalue weighted by Crippen LogP contribution is -2.62. The van der Waals surface area contributed by atoms with Crippen LogP contribution in [0.4, 0.5) is 4.79 Å². The molecule has 2 aliphatic rings. The second kappa shape index (κ2) is 6.13. The first-order valence-electron chi connectivity index (χ1n) is 8.11. The summed E-state index contributed by atoms with van der Waals surface area (Å²) in [6.07, 6.45) is 2.06. The highest BCUT2D eigenvalue weighted by atomic mass is 16.6. The standard InChI is InChI=1S/C16H31N3O2/c1-15(2,3)21-14(20)18-8-6-7-16(4,13-18)19-11-9-17(5)10-12-19/h6-13H2,1-5H3. The molecule has 2 saturated heterocycles. The minimum atomic E-state index is -0.418. The van der Waals surface area contributed by atoms with Crippen LogP contribution in [-0.4, -0.2) is 78.2 Å². The molecule has 2 fully saturated rings. The maximum atomic E-state index is 12.3. The van der Waals surface area contributed by atoms with Crippen molar-refractivity contribution in [3.05, 3.63) is 0 Å². The number of nitrogens with zero attached hydrogens (tertiary/aromatic N) is 3. The van der Waals surface area contributed by atoms with Crippen molar-refractivity contribution >= 4 is 6.09 Å². The molecule has 0 aliphatic carbocycles. The van der Waals surface area contributed by atoms with E-state index in [-0.39, 0.29) is 11.6 Å². The fourth-order valence-electron chi connectivity index (χ4n) is 3.31. The lowest BCUT2D eigenvalue weighted by molar-refractivity contribution is -0.0221. The van der Waals surface area contributed by atoms with E-state index in [1.54, 1.807) is 0 Å². The number of hydrogen-bond acceptors (Lipinski definition) is 4. The average Bonchev–Trinajstić information content (AvgIpc) is 2.37. The predicted molar refractivity (Wildman–Crippen MR) is 84.5 cm³/mol. The smallest absolute Gasteiger partial charge is 0.410 e. The highest BCUT2D eigenvalue weighted by Gasteiger charge is 2.39. The number of carbonyl (C=O) groups excluding carboxylic acids is 1. The van der Waals surface area contributed by atoms with Gasteiger partial charge >= 0.3 is 6.09 Å². The molecule has 2 aliphatic heterocycles. The maximum absolute atomic E-state index is 12.3. The van der Waals surface area contributed by atoms with E-state index in [2.05, 4.69) is 23.8 Å². The summed E-state index contributed by atoms with van der Waals surface area (Å²) >= 11 is 0. The number of amides is 1. The van der Waals surface area contributed by atoms with Gasteiger partial charge in [-0.2, -0.15) is 0 Å². The second-order valence-electron chi connectivity index (χ2n) is 7.79. The Labute approximate surface area is 129 Å². The first-order valence-corrected chi connectivity index (χ1v) is 8.11. The largest absolute Gasteiger partial charge is 0.444 e. The van der Waals surface area contributed by atoms with Crippen LogP contribution >= 0.6 is 0 Å². The monoisotopic (exact) mass is 297 g/mol. The summed E-state index contributed by atoms with van der Waals surface area (Å²) < 4.78 is 5.54. The molecule has 0 N–H and O–H groups in total. The Hall–Kier alpha value is -0.810. The van der Waals surface area contributed by atoms with E-state index in [1.165, 1.54) is 0 Å². The zero-order valence-corrected chi connectivity index (χ0v) is 14.3. The summed E-state index contributed by atoms with van der Waals surface area (Å²) in [5, 5.41) is 0. The summed E-state index contributed by atoms with van der Waals surface area (Å²) in [6.45, 7) is 14.1. The molecule has 0 saturated carbocycles. The highest BCUT2D eigenvalue weighted by Crippen LogP contribution is 2.29. The van der Waals surface area contributed by atoms with Crippen LogP contribution in [0.15, 0.2) is 0 Å². The maximum Gasteiger partial charge on any atom is 0.410 e. The van der Waals surface area contributed by atoms with Gasteiger partial charge in [0.2, 0.25) is 0 Å². The van der Waals surface area contributed by atoms with E-state index in [0.29, 0.717) is 0 Å². The zero-order valence-electron chi connectivity index (χ0n) is 14.3. The molecule has 2 rings (SSSR count). The number of likely N-dealkylation sites (tertiary alicyclic amines) is 1. The average molecular weight is 297 g/mol. The first kappa shape index (κ1) is 16.6. The van der Waals surface area contributed by atoms with Gasteiger partial charge in [-0.3, -0.25) is 4.90 Å². The third-order valence-electron chi connectivity index (χ3n) is 4.59. The van der Waals surface area contributed by atoms with Crippen LogP contribution in [0, 0.1) is 0 Å². The van der Waals surface area contributed by atoms with E-state index >= 15 is 0 Å². The van der Waals surface area contributed by atoms with Gasteiger partial charge in [0, 0.05) is 44.8 Å². The molecule has 1 unspecified atom stereocenters. The highest BCUT2D eigenvalue weighted by molar-refractivity contribution is 5.68. The Morgan fingerprint density at radius 3 is 2.29 bits per heavy atom. The number of ether oxygens (including phenoxy) is 1. The quantitative estimate of drug-likeness (QED) is 0.742. The van der Waals surface area contributed by atoms with Crippen LogP contribution in [0.2, 0.25) is 0 Å². The Balaban J connectivity index is 1.97. The first-order chi connectivity index (χ1) is 9.70. The van der Waals surface area contributed by atoms with Crippen molar-refractivity contribution in [1.82, 2.24) is 14.7 Å². The minimum absolute atomic E-state index is 0.0937. The predicted octanol–water partition coefficient (Wildman–Crippen LogP) is 2.02. The Bertz CT molecular complexity index is 372. The number of piperidine rings is 1. The molecule has 0 spiro atoms. The van der Waals surface area contributed by atoms with Crippen molar-refractivity contribution < 1.29 is 9.53 Å². The van der Waals surface area contributed by atoms with E-state index in [1.807, 2.05) is 25.7 Å². The molecule has 1 amide bonds. The molecule has 1 atom stereocenters. The number of carbonyl (C=O) groups is 1. The van der Waals surface area contributed by atoms with Gasteiger partial charge in [-0.15, -0.1) is 0 Å². The van der Waals surface area contributed by atoms with Crippen LogP contribution in [0.25, 0.3) is 0 Å². The Morgan fingerprint density at radius 2 is 1.71 bits per heavy atom. The molecule has 0 radical (unpaired) electrons. The van der Waals surface area contributed by atoms with Crippen molar-refractivity contribution in [3.8, 4) is 0 Å². The normalized spacial score (nSPS) is 29.5. The van der Waals surface area contributed by atoms with Gasteiger partial charge < -0.3 is 14.5 Å². The molecule has 5 heteroatoms. The van der Waals surface area contributed by atoms with Crippen molar-refractivity contribution in [3.63, 3.8) is 0 Å². The summed E-state index contributed by atoms with van der Waals surface area (Å²) in [6, 6.07) is 0. The molecule has 0 aromatic heterocycles. The number of hydrogen-bond donors (Lipinski definition) is 0. The molecule has 2 heterocycles. The Kier molecular flexibility index (Phi) is 4.83. The van der Waals surface area contributed by atoms with Crippen molar-refractivity contribution in [2.45, 2.75) is 51.7 Å². The summed E-state index contributed by atoms with van der Waals surface area (Å²) in [7, 11) is 2.17. The van der Waals surface area contributed by atoms with Gasteiger partial charge in [0.25, 0.3) is 0 Å². The van der Waals surface area contributed by atoms with Crippen molar-refractivity contribution in [2.24, 2.45) is 0 Å². The van der Waals surface area contributed by atoms with E-state index in [9.17, 15) is 4.79 Å². The molecule has 0 aromatic carbocycles. The summed E-state index contributed by atoms with van der Waals surface area (Å²) in [4.78, 5) is 19.1. The fraction of sp³-hybridized carbons (Fsp3) is 0.938. The third kappa shape index (κ3) is 4.33.